The van der Waals surface area contributed by atoms with Gasteiger partial charge in [0.25, 0.3) is 5.89 Å². The second-order valence-electron chi connectivity index (χ2n) is 8.43. The van der Waals surface area contributed by atoms with Gasteiger partial charge >= 0.3 is 6.03 Å². The molecular formula is C29H25N5O4. The molecular weight excluding hydrogens is 482 g/mol. The highest BCUT2D eigenvalue weighted by Gasteiger charge is 2.16. The molecule has 3 N–H and O–H groups in total. The van der Waals surface area contributed by atoms with Crippen molar-refractivity contribution < 1.29 is 19.2 Å². The number of ether oxygens (including phenoxy) is 1. The molecule has 3 aromatic carbocycles. The number of phenolic OH excluding ortho intramolecular Hbond substituents is 1. The number of benzene rings is 3. The molecule has 0 bridgehead atoms. The van der Waals surface area contributed by atoms with E-state index in [2.05, 4.69) is 32.7 Å². The topological polar surface area (TPSA) is 122 Å². The van der Waals surface area contributed by atoms with Gasteiger partial charge in [0.15, 0.2) is 0 Å². The van der Waals surface area contributed by atoms with E-state index in [1.54, 1.807) is 30.5 Å². The molecule has 0 aliphatic heterocycles. The summed E-state index contributed by atoms with van der Waals surface area (Å²) in [7, 11) is 0. The van der Waals surface area contributed by atoms with Crippen molar-refractivity contribution in [3.63, 3.8) is 0 Å². The van der Waals surface area contributed by atoms with Crippen LogP contribution in [0.25, 0.3) is 22.8 Å². The van der Waals surface area contributed by atoms with Gasteiger partial charge in [0.05, 0.1) is 5.56 Å². The molecule has 0 radical (unpaired) electrons. The molecule has 0 saturated heterocycles. The molecule has 5 rings (SSSR count). The summed E-state index contributed by atoms with van der Waals surface area (Å²) in [6.07, 6.45) is 2.50. The van der Waals surface area contributed by atoms with Gasteiger partial charge in [-0.1, -0.05) is 54.5 Å². The van der Waals surface area contributed by atoms with Gasteiger partial charge in [-0.3, -0.25) is 0 Å². The lowest BCUT2D eigenvalue weighted by atomic mass is 10.1. The number of nitrogens with zero attached hydrogens (tertiary/aromatic N) is 3. The maximum absolute atomic E-state index is 12.4. The Balaban J connectivity index is 1.29. The molecule has 0 spiro atoms. The van der Waals surface area contributed by atoms with Crippen LogP contribution in [0.4, 0.5) is 10.5 Å². The normalized spacial score (nSPS) is 10.7. The van der Waals surface area contributed by atoms with Crippen LogP contribution in [0.1, 0.15) is 18.1 Å². The van der Waals surface area contributed by atoms with Gasteiger partial charge in [-0.25, -0.2) is 9.78 Å². The molecule has 2 amide bonds. The Hall–Kier alpha value is -5.18. The van der Waals surface area contributed by atoms with Crippen LogP contribution in [-0.4, -0.2) is 26.3 Å². The number of pyridine rings is 1. The van der Waals surface area contributed by atoms with E-state index in [-0.39, 0.29) is 23.2 Å². The molecule has 0 atom stereocenters. The first kappa shape index (κ1) is 24.5. The lowest BCUT2D eigenvalue weighted by molar-refractivity contribution is 0.251. The van der Waals surface area contributed by atoms with Crippen LogP contribution in [0.5, 0.6) is 17.4 Å². The number of anilines is 1. The summed E-state index contributed by atoms with van der Waals surface area (Å²) in [5.41, 5.74) is 3.51. The van der Waals surface area contributed by atoms with Gasteiger partial charge < -0.3 is 25.0 Å². The van der Waals surface area contributed by atoms with Gasteiger partial charge in [-0.05, 0) is 53.9 Å². The van der Waals surface area contributed by atoms with Crippen molar-refractivity contribution in [2.24, 2.45) is 0 Å². The smallest absolute Gasteiger partial charge is 0.319 e. The van der Waals surface area contributed by atoms with Crippen molar-refractivity contribution in [2.45, 2.75) is 19.9 Å². The number of amides is 2. The largest absolute Gasteiger partial charge is 0.507 e. The van der Waals surface area contributed by atoms with Gasteiger partial charge in [0.2, 0.25) is 11.7 Å². The lowest BCUT2D eigenvalue weighted by Gasteiger charge is -2.09. The number of nitrogens with one attached hydrogen (secondary N) is 2. The monoisotopic (exact) mass is 507 g/mol. The van der Waals surface area contributed by atoms with Crippen molar-refractivity contribution in [2.75, 3.05) is 5.32 Å². The zero-order valence-electron chi connectivity index (χ0n) is 20.6. The van der Waals surface area contributed by atoms with Crippen molar-refractivity contribution in [3.05, 3.63) is 102 Å². The Bertz CT molecular complexity index is 1550. The second-order valence-corrected chi connectivity index (χ2v) is 8.43. The van der Waals surface area contributed by atoms with E-state index in [4.69, 9.17) is 9.26 Å². The predicted molar refractivity (Wildman–Crippen MR) is 143 cm³/mol. The van der Waals surface area contributed by atoms with Crippen LogP contribution >= 0.6 is 0 Å². The fraction of sp³-hybridized carbons (Fsp3) is 0.103. The maximum atomic E-state index is 12.4. The quantitative estimate of drug-likeness (QED) is 0.214. The minimum absolute atomic E-state index is 0.0648. The van der Waals surface area contributed by atoms with Gasteiger partial charge in [-0.15, -0.1) is 0 Å². The molecule has 5 aromatic rings. The highest BCUT2D eigenvalue weighted by molar-refractivity contribution is 5.90. The fourth-order valence-corrected chi connectivity index (χ4v) is 3.74. The third-order valence-electron chi connectivity index (χ3n) is 5.73. The van der Waals surface area contributed by atoms with Crippen molar-refractivity contribution in [1.29, 1.82) is 0 Å². The third kappa shape index (κ3) is 5.96. The molecule has 38 heavy (non-hydrogen) atoms. The number of urea groups is 1. The number of carbonyl (C=O) groups is 1. The summed E-state index contributed by atoms with van der Waals surface area (Å²) in [4.78, 5) is 21.1. The molecule has 2 heterocycles. The average molecular weight is 508 g/mol. The van der Waals surface area contributed by atoms with E-state index in [9.17, 15) is 9.90 Å². The van der Waals surface area contributed by atoms with Gasteiger partial charge in [0, 0.05) is 30.1 Å². The van der Waals surface area contributed by atoms with Crippen LogP contribution in [0, 0.1) is 0 Å². The maximum Gasteiger partial charge on any atom is 0.319 e. The lowest BCUT2D eigenvalue weighted by Crippen LogP contribution is -2.28. The Kier molecular flexibility index (Phi) is 7.26. The van der Waals surface area contributed by atoms with E-state index in [0.717, 1.165) is 17.5 Å². The SMILES string of the molecule is CCc1cccc(Oc2cc(-c3noc(-c4cc(NC(=O)NCc5ccccc5)ccc4O)n3)ccn2)c1. The Labute approximate surface area is 219 Å². The van der Waals surface area contributed by atoms with E-state index in [0.29, 0.717) is 35.2 Å². The highest BCUT2D eigenvalue weighted by Crippen LogP contribution is 2.32. The standard InChI is InChI=1S/C29H25N5O4/c1-2-19-9-6-10-23(15-19)37-26-16-21(13-14-30-26)27-33-28(38-34-27)24-17-22(11-12-25(24)35)32-29(36)31-18-20-7-4-3-5-8-20/h3-17,35H,2,18H2,1H3,(H2,31,32,36). The van der Waals surface area contributed by atoms with Crippen molar-refractivity contribution >= 4 is 11.7 Å². The van der Waals surface area contributed by atoms with Crippen LogP contribution in [-0.2, 0) is 13.0 Å². The zero-order chi connectivity index (χ0) is 26.3. The number of aryl methyl sites for hydroxylation is 1. The second kappa shape index (κ2) is 11.3. The van der Waals surface area contributed by atoms with E-state index < -0.39 is 0 Å². The van der Waals surface area contributed by atoms with E-state index in [1.165, 1.54) is 6.07 Å². The Morgan fingerprint density at radius 1 is 0.974 bits per heavy atom. The first-order valence-electron chi connectivity index (χ1n) is 12.1. The summed E-state index contributed by atoms with van der Waals surface area (Å²) in [5.74, 6) is 1.40. The molecule has 0 saturated carbocycles. The molecule has 9 heteroatoms. The first-order chi connectivity index (χ1) is 18.6. The van der Waals surface area contributed by atoms with E-state index in [1.807, 2.05) is 54.6 Å². The highest BCUT2D eigenvalue weighted by atomic mass is 16.5. The molecule has 9 nitrogen and oxygen atoms in total. The van der Waals surface area contributed by atoms with Crippen LogP contribution in [0.3, 0.4) is 0 Å². The fourth-order valence-electron chi connectivity index (χ4n) is 3.74. The molecule has 0 unspecified atom stereocenters. The Morgan fingerprint density at radius 3 is 2.66 bits per heavy atom. The van der Waals surface area contributed by atoms with Crippen LogP contribution in [0.2, 0.25) is 0 Å². The molecule has 190 valence electrons. The summed E-state index contributed by atoms with van der Waals surface area (Å²) in [6, 6.07) is 25.0. The summed E-state index contributed by atoms with van der Waals surface area (Å²) in [6.45, 7) is 2.46. The average Bonchev–Trinajstić information content (AvgIpc) is 3.44. The zero-order valence-corrected chi connectivity index (χ0v) is 20.6. The van der Waals surface area contributed by atoms with Crippen LogP contribution < -0.4 is 15.4 Å². The number of aromatic nitrogens is 3. The van der Waals surface area contributed by atoms with Crippen molar-refractivity contribution in [3.8, 4) is 40.2 Å². The molecule has 2 aromatic heterocycles. The van der Waals surface area contributed by atoms with Crippen LogP contribution in [0.15, 0.2) is 95.6 Å². The van der Waals surface area contributed by atoms with Crippen molar-refractivity contribution in [1.82, 2.24) is 20.4 Å². The predicted octanol–water partition coefficient (Wildman–Crippen LogP) is 6.18. The minimum Gasteiger partial charge on any atom is -0.507 e. The number of phenols is 1. The van der Waals surface area contributed by atoms with Gasteiger partial charge in [-0.2, -0.15) is 4.98 Å². The number of hydrogen-bond acceptors (Lipinski definition) is 7. The summed E-state index contributed by atoms with van der Waals surface area (Å²) in [5, 5.41) is 20.0. The number of carbonyl (C=O) groups excluding carboxylic acids is 1. The number of hydrogen-bond donors (Lipinski definition) is 3. The summed E-state index contributed by atoms with van der Waals surface area (Å²) < 4.78 is 11.3. The molecule has 0 aliphatic rings. The third-order valence-corrected chi connectivity index (χ3v) is 5.73. The van der Waals surface area contributed by atoms with E-state index >= 15 is 0 Å². The number of rotatable bonds is 8. The first-order valence-corrected chi connectivity index (χ1v) is 12.1. The number of aromatic hydroxyl groups is 1. The Morgan fingerprint density at radius 2 is 1.82 bits per heavy atom. The minimum atomic E-state index is -0.384. The molecule has 0 fully saturated rings. The molecule has 0 aliphatic carbocycles. The van der Waals surface area contributed by atoms with Gasteiger partial charge in [0.1, 0.15) is 11.5 Å². The summed E-state index contributed by atoms with van der Waals surface area (Å²) >= 11 is 0.